The molecule has 1 fully saturated rings. The zero-order valence-corrected chi connectivity index (χ0v) is 19.5. The first-order valence-corrected chi connectivity index (χ1v) is 12.0. The van der Waals surface area contributed by atoms with Crippen molar-refractivity contribution in [2.24, 2.45) is 11.8 Å². The van der Waals surface area contributed by atoms with Crippen molar-refractivity contribution in [2.75, 3.05) is 5.32 Å². The summed E-state index contributed by atoms with van der Waals surface area (Å²) in [6.07, 6.45) is -3.26. The van der Waals surface area contributed by atoms with Crippen molar-refractivity contribution in [3.63, 3.8) is 0 Å². The molecule has 1 heterocycles. The molecule has 184 valence electrons. The third kappa shape index (κ3) is 5.24. The number of rotatable bonds is 5. The zero-order chi connectivity index (χ0) is 25.3. The smallest absolute Gasteiger partial charge is 0.416 e. The van der Waals surface area contributed by atoms with E-state index in [1.165, 1.54) is 0 Å². The molecule has 9 heteroatoms. The Balaban J connectivity index is 1.55. The number of carboxylic acids is 1. The lowest BCUT2D eigenvalue weighted by Crippen LogP contribution is -2.40. The Morgan fingerprint density at radius 2 is 1.77 bits per heavy atom. The van der Waals surface area contributed by atoms with Crippen molar-refractivity contribution < 1.29 is 32.3 Å². The summed E-state index contributed by atoms with van der Waals surface area (Å²) in [6, 6.07) is 9.46. The van der Waals surface area contributed by atoms with Crippen molar-refractivity contribution in [1.82, 2.24) is 0 Å². The summed E-state index contributed by atoms with van der Waals surface area (Å²) in [7, 11) is 0. The van der Waals surface area contributed by atoms with E-state index in [2.05, 4.69) is 5.32 Å². The largest absolute Gasteiger partial charge is 0.481 e. The van der Waals surface area contributed by atoms with Crippen molar-refractivity contribution >= 4 is 28.9 Å². The molecule has 0 aliphatic heterocycles. The lowest BCUT2D eigenvalue weighted by molar-refractivity contribution is -0.148. The quantitative estimate of drug-likeness (QED) is 0.363. The van der Waals surface area contributed by atoms with E-state index in [1.807, 2.05) is 41.9 Å². The Kier molecular flexibility index (Phi) is 6.98. The fourth-order valence-electron chi connectivity index (χ4n) is 4.79. The second-order valence-corrected chi connectivity index (χ2v) is 9.52. The molecule has 4 nitrogen and oxygen atoms in total. The number of aryl methyl sites for hydroxylation is 1. The molecule has 0 radical (unpaired) electrons. The van der Waals surface area contributed by atoms with Gasteiger partial charge in [-0.1, -0.05) is 30.7 Å². The first-order chi connectivity index (χ1) is 16.6. The highest BCUT2D eigenvalue weighted by molar-refractivity contribution is 7.08. The van der Waals surface area contributed by atoms with Crippen LogP contribution in [0.5, 0.6) is 0 Å². The van der Waals surface area contributed by atoms with Crippen LogP contribution in [0.1, 0.15) is 41.9 Å². The van der Waals surface area contributed by atoms with Crippen LogP contribution < -0.4 is 5.32 Å². The van der Waals surface area contributed by atoms with Gasteiger partial charge in [-0.05, 0) is 76.9 Å². The average molecular weight is 506 g/mol. The minimum absolute atomic E-state index is 0.285. The van der Waals surface area contributed by atoms with Crippen LogP contribution in [0, 0.1) is 24.6 Å². The summed E-state index contributed by atoms with van der Waals surface area (Å²) in [4.78, 5) is 25.2. The molecule has 0 saturated heterocycles. The number of carbonyl (C=O) groups is 2. The molecule has 1 aliphatic rings. The molecule has 2 aromatic carbocycles. The molecular formula is C26H23F4NO3S. The first-order valence-electron chi connectivity index (χ1n) is 11.1. The maximum absolute atomic E-state index is 14.3. The van der Waals surface area contributed by atoms with Gasteiger partial charge in [0.15, 0.2) is 0 Å². The number of benzene rings is 2. The van der Waals surface area contributed by atoms with Gasteiger partial charge in [-0.2, -0.15) is 24.5 Å². The van der Waals surface area contributed by atoms with E-state index < -0.39 is 52.9 Å². The third-order valence-corrected chi connectivity index (χ3v) is 7.44. The molecule has 1 amide bonds. The van der Waals surface area contributed by atoms with Crippen molar-refractivity contribution in [3.8, 4) is 11.1 Å². The van der Waals surface area contributed by atoms with Crippen LogP contribution in [0.3, 0.4) is 0 Å². The van der Waals surface area contributed by atoms with E-state index in [9.17, 15) is 32.3 Å². The normalized spacial score (nSPS) is 20.4. The van der Waals surface area contributed by atoms with Crippen LogP contribution in [0.25, 0.3) is 11.1 Å². The molecule has 1 aromatic heterocycles. The maximum Gasteiger partial charge on any atom is 0.416 e. The van der Waals surface area contributed by atoms with Gasteiger partial charge in [0.25, 0.3) is 0 Å². The van der Waals surface area contributed by atoms with Gasteiger partial charge in [-0.3, -0.25) is 9.59 Å². The van der Waals surface area contributed by atoms with Gasteiger partial charge >= 0.3 is 12.1 Å². The van der Waals surface area contributed by atoms with Gasteiger partial charge < -0.3 is 10.4 Å². The highest BCUT2D eigenvalue weighted by Crippen LogP contribution is 2.43. The van der Waals surface area contributed by atoms with E-state index >= 15 is 0 Å². The van der Waals surface area contributed by atoms with Crippen LogP contribution in [0.2, 0.25) is 0 Å². The number of carboxylic acid groups (broad SMARTS) is 1. The molecule has 0 bridgehead atoms. The average Bonchev–Trinajstić information content (AvgIpc) is 3.25. The number of halogens is 4. The van der Waals surface area contributed by atoms with Gasteiger partial charge in [0.2, 0.25) is 5.91 Å². The molecule has 4 rings (SSSR count). The number of alkyl halides is 3. The van der Waals surface area contributed by atoms with Gasteiger partial charge in [-0.25, -0.2) is 4.39 Å². The van der Waals surface area contributed by atoms with Crippen LogP contribution in [-0.4, -0.2) is 17.0 Å². The van der Waals surface area contributed by atoms with Gasteiger partial charge in [0.05, 0.1) is 23.1 Å². The van der Waals surface area contributed by atoms with Gasteiger partial charge in [0, 0.05) is 0 Å². The number of hydrogen-bond acceptors (Lipinski definition) is 3. The van der Waals surface area contributed by atoms with E-state index in [1.54, 1.807) is 11.3 Å². The molecule has 3 aromatic rings. The van der Waals surface area contributed by atoms with Crippen LogP contribution in [0.4, 0.5) is 23.2 Å². The molecule has 1 aliphatic carbocycles. The standard InChI is InChI=1S/C26H23F4NO3S/c1-14-12-35-13-20(14)16-7-5-15(6-8-16)18-3-2-4-19(23(18)25(33)34)24(32)31-22-10-9-17(11-21(22)27)26(28,29)30/h5-13,18-19,23H,2-4H2,1H3,(H,31,32)(H,33,34)/t18-,19-,23-/m1/s1. The number of thiophene rings is 1. The predicted octanol–water partition coefficient (Wildman–Crippen LogP) is 7.10. The highest BCUT2D eigenvalue weighted by Gasteiger charge is 2.43. The number of hydrogen-bond donors (Lipinski definition) is 2. The molecule has 2 N–H and O–H groups in total. The Labute approximate surface area is 203 Å². The predicted molar refractivity (Wildman–Crippen MR) is 126 cm³/mol. The van der Waals surface area contributed by atoms with Crippen molar-refractivity contribution in [2.45, 2.75) is 38.3 Å². The van der Waals surface area contributed by atoms with E-state index in [4.69, 9.17) is 0 Å². The fourth-order valence-corrected chi connectivity index (χ4v) is 5.65. The van der Waals surface area contributed by atoms with Crippen molar-refractivity contribution in [1.29, 1.82) is 0 Å². The zero-order valence-electron chi connectivity index (χ0n) is 18.7. The van der Waals surface area contributed by atoms with Crippen molar-refractivity contribution in [3.05, 3.63) is 75.7 Å². The monoisotopic (exact) mass is 505 g/mol. The fraction of sp³-hybridized carbons (Fsp3) is 0.308. The van der Waals surface area contributed by atoms with E-state index in [0.717, 1.165) is 28.3 Å². The molecule has 3 atom stereocenters. The number of carbonyl (C=O) groups excluding carboxylic acids is 1. The number of aliphatic carboxylic acids is 1. The SMILES string of the molecule is Cc1cscc1-c1ccc([C@H]2CCC[C@@H](C(=O)Nc3ccc(C(F)(F)F)cc3F)[C@@H]2C(=O)O)cc1. The summed E-state index contributed by atoms with van der Waals surface area (Å²) in [6.45, 7) is 2.02. The first kappa shape index (κ1) is 24.9. The number of nitrogens with one attached hydrogen (secondary N) is 1. The third-order valence-electron chi connectivity index (χ3n) is 6.58. The Morgan fingerprint density at radius 3 is 2.34 bits per heavy atom. The maximum atomic E-state index is 14.3. The lowest BCUT2D eigenvalue weighted by Gasteiger charge is -2.35. The lowest BCUT2D eigenvalue weighted by atomic mass is 9.69. The second kappa shape index (κ2) is 9.81. The molecule has 35 heavy (non-hydrogen) atoms. The number of anilines is 1. The summed E-state index contributed by atoms with van der Waals surface area (Å²) < 4.78 is 52.7. The van der Waals surface area contributed by atoms with Crippen LogP contribution in [0.15, 0.2) is 53.2 Å². The molecular weight excluding hydrogens is 482 g/mol. The van der Waals surface area contributed by atoms with Crippen LogP contribution >= 0.6 is 11.3 Å². The van der Waals surface area contributed by atoms with Gasteiger partial charge in [-0.15, -0.1) is 0 Å². The highest BCUT2D eigenvalue weighted by atomic mass is 32.1. The summed E-state index contributed by atoms with van der Waals surface area (Å²) in [5.41, 5.74) is 2.49. The van der Waals surface area contributed by atoms with E-state index in [0.29, 0.717) is 25.0 Å². The molecule has 1 saturated carbocycles. The molecule has 0 spiro atoms. The Hall–Kier alpha value is -3.20. The Morgan fingerprint density at radius 1 is 1.06 bits per heavy atom. The number of amides is 1. The minimum Gasteiger partial charge on any atom is -0.481 e. The topological polar surface area (TPSA) is 66.4 Å². The van der Waals surface area contributed by atoms with E-state index in [-0.39, 0.29) is 6.42 Å². The summed E-state index contributed by atoms with van der Waals surface area (Å²) in [5.74, 6) is -5.51. The molecule has 0 unspecified atom stereocenters. The van der Waals surface area contributed by atoms with Crippen LogP contribution in [-0.2, 0) is 15.8 Å². The van der Waals surface area contributed by atoms with Gasteiger partial charge in [0.1, 0.15) is 5.82 Å². The summed E-state index contributed by atoms with van der Waals surface area (Å²) in [5, 5.41) is 16.4. The second-order valence-electron chi connectivity index (χ2n) is 8.78. The summed E-state index contributed by atoms with van der Waals surface area (Å²) >= 11 is 1.60. The Bertz CT molecular complexity index is 1240. The minimum atomic E-state index is -4.72.